The van der Waals surface area contributed by atoms with Gasteiger partial charge in [-0.05, 0) is 26.2 Å². The summed E-state index contributed by atoms with van der Waals surface area (Å²) in [5.41, 5.74) is 1.05. The monoisotopic (exact) mass is 242 g/mol. The van der Waals surface area contributed by atoms with E-state index in [0.717, 1.165) is 17.6 Å². The fourth-order valence-electron chi connectivity index (χ4n) is 2.26. The zero-order valence-corrected chi connectivity index (χ0v) is 10.1. The molecule has 2 heterocycles. The molecule has 5 heteroatoms. The molecule has 0 radical (unpaired) electrons. The van der Waals surface area contributed by atoms with Crippen molar-refractivity contribution in [3.63, 3.8) is 0 Å². The van der Waals surface area contributed by atoms with Crippen molar-refractivity contribution < 1.29 is 4.73 Å². The molecule has 0 saturated carbocycles. The SMILES string of the molecule is Cc1c(CCCl)c(=O)n2c([n+]1[O-])CCCC2. The summed E-state index contributed by atoms with van der Waals surface area (Å²) >= 11 is 5.66. The molecule has 16 heavy (non-hydrogen) atoms. The molecule has 0 fully saturated rings. The van der Waals surface area contributed by atoms with Crippen LogP contribution >= 0.6 is 11.6 Å². The molecule has 0 unspecified atom stereocenters. The van der Waals surface area contributed by atoms with Gasteiger partial charge in [-0.2, -0.15) is 4.57 Å². The van der Waals surface area contributed by atoms with Crippen molar-refractivity contribution in [2.75, 3.05) is 5.88 Å². The molecular formula is C11H15ClN2O2. The minimum absolute atomic E-state index is 0.0278. The van der Waals surface area contributed by atoms with Gasteiger partial charge in [0.1, 0.15) is 5.69 Å². The molecule has 0 N–H and O–H groups in total. The van der Waals surface area contributed by atoms with Crippen LogP contribution in [0.25, 0.3) is 0 Å². The Balaban J connectivity index is 2.65. The maximum absolute atomic E-state index is 12.1. The molecular weight excluding hydrogens is 228 g/mol. The number of halogens is 1. The van der Waals surface area contributed by atoms with E-state index in [1.807, 2.05) is 0 Å². The van der Waals surface area contributed by atoms with E-state index in [-0.39, 0.29) is 5.56 Å². The topological polar surface area (TPSA) is 48.9 Å². The van der Waals surface area contributed by atoms with E-state index in [2.05, 4.69) is 0 Å². The van der Waals surface area contributed by atoms with Crippen molar-refractivity contribution >= 4 is 11.6 Å². The second-order valence-electron chi connectivity index (χ2n) is 4.13. The zero-order chi connectivity index (χ0) is 11.7. The van der Waals surface area contributed by atoms with Crippen molar-refractivity contribution in [3.05, 3.63) is 32.6 Å². The van der Waals surface area contributed by atoms with Gasteiger partial charge in [-0.15, -0.1) is 11.6 Å². The number of nitrogens with zero attached hydrogens (tertiary/aromatic N) is 2. The van der Waals surface area contributed by atoms with Crippen LogP contribution in [-0.4, -0.2) is 10.4 Å². The Labute approximate surface area is 99.1 Å². The lowest BCUT2D eigenvalue weighted by molar-refractivity contribution is -0.627. The lowest BCUT2D eigenvalue weighted by Crippen LogP contribution is -2.48. The van der Waals surface area contributed by atoms with Gasteiger partial charge in [-0.25, -0.2) is 9.52 Å². The number of hydrogen-bond acceptors (Lipinski definition) is 2. The Hall–Kier alpha value is -1.03. The summed E-state index contributed by atoms with van der Waals surface area (Å²) in [5, 5.41) is 12.0. The van der Waals surface area contributed by atoms with Gasteiger partial charge in [0.05, 0.1) is 18.5 Å². The van der Waals surface area contributed by atoms with Crippen LogP contribution in [0.5, 0.6) is 0 Å². The first-order valence-corrected chi connectivity index (χ1v) is 6.11. The number of fused-ring (bicyclic) bond motifs is 1. The first-order chi connectivity index (χ1) is 7.66. The van der Waals surface area contributed by atoms with Crippen molar-refractivity contribution in [3.8, 4) is 0 Å². The highest BCUT2D eigenvalue weighted by Crippen LogP contribution is 2.11. The third-order valence-corrected chi connectivity index (χ3v) is 3.36. The van der Waals surface area contributed by atoms with Crippen molar-refractivity contribution in [1.29, 1.82) is 0 Å². The predicted octanol–water partition coefficient (Wildman–Crippen LogP) is 0.908. The molecule has 0 spiro atoms. The number of hydrogen-bond donors (Lipinski definition) is 0. The molecule has 0 amide bonds. The Morgan fingerprint density at radius 3 is 2.94 bits per heavy atom. The van der Waals surface area contributed by atoms with Crippen LogP contribution in [-0.2, 0) is 19.4 Å². The van der Waals surface area contributed by atoms with Crippen LogP contribution < -0.4 is 10.3 Å². The third-order valence-electron chi connectivity index (χ3n) is 3.17. The van der Waals surface area contributed by atoms with Crippen LogP contribution in [0.2, 0.25) is 0 Å². The smallest absolute Gasteiger partial charge is 0.340 e. The molecule has 2 rings (SSSR count). The molecule has 1 aromatic rings. The van der Waals surface area contributed by atoms with Crippen LogP contribution in [0.4, 0.5) is 0 Å². The van der Waals surface area contributed by atoms with Crippen molar-refractivity contribution in [2.45, 2.75) is 39.2 Å². The van der Waals surface area contributed by atoms with Crippen LogP contribution in [0.15, 0.2) is 4.79 Å². The van der Waals surface area contributed by atoms with Gasteiger partial charge in [0, 0.05) is 5.88 Å². The van der Waals surface area contributed by atoms with Crippen LogP contribution in [0.3, 0.4) is 0 Å². The first-order valence-electron chi connectivity index (χ1n) is 5.57. The molecule has 4 nitrogen and oxygen atoms in total. The quantitative estimate of drug-likeness (QED) is 0.440. The molecule has 88 valence electrons. The second kappa shape index (κ2) is 4.45. The summed E-state index contributed by atoms with van der Waals surface area (Å²) < 4.78 is 2.52. The first kappa shape index (κ1) is 11.5. The molecule has 1 aliphatic heterocycles. The van der Waals surface area contributed by atoms with Gasteiger partial charge < -0.3 is 5.21 Å². The highest BCUT2D eigenvalue weighted by Gasteiger charge is 2.24. The molecule has 0 saturated heterocycles. The highest BCUT2D eigenvalue weighted by molar-refractivity contribution is 6.17. The molecule has 0 aliphatic carbocycles. The van der Waals surface area contributed by atoms with Gasteiger partial charge in [0.25, 0.3) is 5.82 Å². The maximum atomic E-state index is 12.1. The molecule has 1 aliphatic rings. The average Bonchev–Trinajstić information content (AvgIpc) is 2.32. The Bertz CT molecular complexity index is 468. The van der Waals surface area contributed by atoms with Crippen molar-refractivity contribution in [2.24, 2.45) is 0 Å². The van der Waals surface area contributed by atoms with Gasteiger partial charge >= 0.3 is 5.56 Å². The predicted molar refractivity (Wildman–Crippen MR) is 61.8 cm³/mol. The third kappa shape index (κ3) is 1.71. The Morgan fingerprint density at radius 2 is 2.25 bits per heavy atom. The summed E-state index contributed by atoms with van der Waals surface area (Å²) in [6.45, 7) is 2.36. The second-order valence-corrected chi connectivity index (χ2v) is 4.51. The summed E-state index contributed by atoms with van der Waals surface area (Å²) in [5.74, 6) is 0.974. The van der Waals surface area contributed by atoms with Gasteiger partial charge in [-0.1, -0.05) is 0 Å². The molecule has 0 aromatic carbocycles. The van der Waals surface area contributed by atoms with Gasteiger partial charge in [0.15, 0.2) is 0 Å². The zero-order valence-electron chi connectivity index (χ0n) is 9.33. The van der Waals surface area contributed by atoms with E-state index in [1.54, 1.807) is 11.5 Å². The van der Waals surface area contributed by atoms with E-state index >= 15 is 0 Å². The normalized spacial score (nSPS) is 14.9. The van der Waals surface area contributed by atoms with E-state index in [1.165, 1.54) is 0 Å². The fourth-order valence-corrected chi connectivity index (χ4v) is 2.45. The van der Waals surface area contributed by atoms with E-state index in [4.69, 9.17) is 11.6 Å². The number of aromatic nitrogens is 2. The minimum atomic E-state index is -0.0278. The van der Waals surface area contributed by atoms with Gasteiger partial charge in [0.2, 0.25) is 0 Å². The minimum Gasteiger partial charge on any atom is -0.711 e. The van der Waals surface area contributed by atoms with E-state index in [0.29, 0.717) is 42.3 Å². The highest BCUT2D eigenvalue weighted by atomic mass is 35.5. The summed E-state index contributed by atoms with van der Waals surface area (Å²) in [4.78, 5) is 12.1. The van der Waals surface area contributed by atoms with Crippen molar-refractivity contribution in [1.82, 2.24) is 4.57 Å². The lowest BCUT2D eigenvalue weighted by Gasteiger charge is -2.20. The number of rotatable bonds is 2. The van der Waals surface area contributed by atoms with Gasteiger partial charge in [-0.3, -0.25) is 0 Å². The van der Waals surface area contributed by atoms with Crippen LogP contribution in [0.1, 0.15) is 29.9 Å². The van der Waals surface area contributed by atoms with Crippen LogP contribution in [0, 0.1) is 12.1 Å². The summed E-state index contributed by atoms with van der Waals surface area (Å²) in [6.07, 6.45) is 3.11. The summed E-state index contributed by atoms with van der Waals surface area (Å²) in [7, 11) is 0. The summed E-state index contributed by atoms with van der Waals surface area (Å²) in [6, 6.07) is 0. The molecule has 0 atom stereocenters. The molecule has 1 aromatic heterocycles. The Morgan fingerprint density at radius 1 is 1.50 bits per heavy atom. The largest absolute Gasteiger partial charge is 0.711 e. The lowest BCUT2D eigenvalue weighted by atomic mass is 10.1. The fraction of sp³-hybridized carbons (Fsp3) is 0.636. The Kier molecular flexibility index (Phi) is 3.19. The standard InChI is InChI=1S/C11H15ClN2O2/c1-8-9(5-6-12)11(15)13-7-3-2-4-10(13)14(8)16/h2-7H2,1H3. The molecule has 0 bridgehead atoms. The van der Waals surface area contributed by atoms with E-state index in [9.17, 15) is 10.0 Å². The average molecular weight is 243 g/mol. The van der Waals surface area contributed by atoms with E-state index < -0.39 is 0 Å². The number of alkyl halides is 1. The maximum Gasteiger partial charge on any atom is 0.340 e.